The van der Waals surface area contributed by atoms with Gasteiger partial charge in [-0.2, -0.15) is 0 Å². The van der Waals surface area contributed by atoms with Crippen LogP contribution < -0.4 is 0 Å². The summed E-state index contributed by atoms with van der Waals surface area (Å²) in [7, 11) is 0. The summed E-state index contributed by atoms with van der Waals surface area (Å²) in [6.07, 6.45) is 2.90. The van der Waals surface area contributed by atoms with Gasteiger partial charge in [0.05, 0.1) is 19.8 Å². The Kier molecular flexibility index (Phi) is 4.45. The molecule has 0 aromatic carbocycles. The van der Waals surface area contributed by atoms with Gasteiger partial charge in [-0.15, -0.1) is 0 Å². The van der Waals surface area contributed by atoms with E-state index in [1.165, 1.54) is 0 Å². The van der Waals surface area contributed by atoms with E-state index in [4.69, 9.17) is 4.74 Å². The molecule has 0 spiro atoms. The Morgan fingerprint density at radius 2 is 2.12 bits per heavy atom. The number of rotatable bonds is 4. The SMILES string of the molecule is CC(C)Cc1ccnc(CN2CCOCC2)n1. The van der Waals surface area contributed by atoms with E-state index in [-0.39, 0.29) is 0 Å². The third-order valence-electron chi connectivity index (χ3n) is 2.85. The maximum absolute atomic E-state index is 5.33. The summed E-state index contributed by atoms with van der Waals surface area (Å²) in [5.41, 5.74) is 1.15. The molecule has 4 nitrogen and oxygen atoms in total. The second kappa shape index (κ2) is 6.07. The van der Waals surface area contributed by atoms with Gasteiger partial charge in [-0.3, -0.25) is 4.90 Å². The Hall–Kier alpha value is -1.00. The molecule has 0 amide bonds. The van der Waals surface area contributed by atoms with Gasteiger partial charge in [-0.1, -0.05) is 13.8 Å². The smallest absolute Gasteiger partial charge is 0.142 e. The van der Waals surface area contributed by atoms with Gasteiger partial charge in [0.1, 0.15) is 5.82 Å². The molecule has 1 aliphatic heterocycles. The van der Waals surface area contributed by atoms with Crippen LogP contribution in [0.3, 0.4) is 0 Å². The van der Waals surface area contributed by atoms with Crippen molar-refractivity contribution in [2.75, 3.05) is 26.3 Å². The van der Waals surface area contributed by atoms with E-state index >= 15 is 0 Å². The van der Waals surface area contributed by atoms with Crippen molar-refractivity contribution in [1.29, 1.82) is 0 Å². The zero-order chi connectivity index (χ0) is 12.1. The molecule has 4 heteroatoms. The maximum atomic E-state index is 5.33. The molecule has 1 saturated heterocycles. The van der Waals surface area contributed by atoms with Crippen molar-refractivity contribution in [1.82, 2.24) is 14.9 Å². The quantitative estimate of drug-likeness (QED) is 0.793. The molecule has 0 saturated carbocycles. The highest BCUT2D eigenvalue weighted by Crippen LogP contribution is 2.07. The van der Waals surface area contributed by atoms with E-state index in [2.05, 4.69) is 28.7 Å². The minimum absolute atomic E-state index is 0.640. The van der Waals surface area contributed by atoms with Gasteiger partial charge >= 0.3 is 0 Å². The molecule has 1 aromatic heterocycles. The standard InChI is InChI=1S/C13H21N3O/c1-11(2)9-12-3-4-14-13(15-12)10-16-5-7-17-8-6-16/h3-4,11H,5-10H2,1-2H3. The first-order valence-electron chi connectivity index (χ1n) is 6.35. The highest BCUT2D eigenvalue weighted by atomic mass is 16.5. The van der Waals surface area contributed by atoms with Gasteiger partial charge in [-0.25, -0.2) is 9.97 Å². The lowest BCUT2D eigenvalue weighted by Gasteiger charge is -2.25. The Balaban J connectivity index is 1.95. The van der Waals surface area contributed by atoms with Gasteiger partial charge < -0.3 is 4.74 Å². The number of hydrogen-bond donors (Lipinski definition) is 0. The summed E-state index contributed by atoms with van der Waals surface area (Å²) < 4.78 is 5.33. The maximum Gasteiger partial charge on any atom is 0.142 e. The fourth-order valence-corrected chi connectivity index (χ4v) is 2.01. The van der Waals surface area contributed by atoms with Crippen molar-refractivity contribution in [3.05, 3.63) is 23.8 Å². The van der Waals surface area contributed by atoms with Crippen LogP contribution in [0.2, 0.25) is 0 Å². The predicted molar refractivity (Wildman–Crippen MR) is 66.7 cm³/mol. The molecule has 0 bridgehead atoms. The van der Waals surface area contributed by atoms with E-state index in [0.29, 0.717) is 5.92 Å². The van der Waals surface area contributed by atoms with Gasteiger partial charge in [-0.05, 0) is 18.4 Å². The average molecular weight is 235 g/mol. The summed E-state index contributed by atoms with van der Waals surface area (Å²) in [4.78, 5) is 11.3. The van der Waals surface area contributed by atoms with Gasteiger partial charge in [0, 0.05) is 25.0 Å². The Morgan fingerprint density at radius 3 is 2.82 bits per heavy atom. The molecule has 1 aliphatic rings. The fourth-order valence-electron chi connectivity index (χ4n) is 2.01. The third-order valence-corrected chi connectivity index (χ3v) is 2.85. The number of hydrogen-bond acceptors (Lipinski definition) is 4. The van der Waals surface area contributed by atoms with E-state index in [9.17, 15) is 0 Å². The Morgan fingerprint density at radius 1 is 1.35 bits per heavy atom. The zero-order valence-electron chi connectivity index (χ0n) is 10.7. The van der Waals surface area contributed by atoms with Crippen LogP contribution in [0.15, 0.2) is 12.3 Å². The highest BCUT2D eigenvalue weighted by Gasteiger charge is 2.12. The van der Waals surface area contributed by atoms with Crippen LogP contribution in [0.1, 0.15) is 25.4 Å². The van der Waals surface area contributed by atoms with Crippen molar-refractivity contribution in [2.45, 2.75) is 26.8 Å². The molecule has 0 radical (unpaired) electrons. The molecule has 2 rings (SSSR count). The van der Waals surface area contributed by atoms with Crippen molar-refractivity contribution >= 4 is 0 Å². The summed E-state index contributed by atoms with van der Waals surface area (Å²) >= 11 is 0. The molecule has 0 aliphatic carbocycles. The van der Waals surface area contributed by atoms with Crippen LogP contribution in [-0.4, -0.2) is 41.2 Å². The minimum Gasteiger partial charge on any atom is -0.379 e. The molecular formula is C13H21N3O. The number of morpholine rings is 1. The Bertz CT molecular complexity index is 348. The van der Waals surface area contributed by atoms with Gasteiger partial charge in [0.15, 0.2) is 0 Å². The van der Waals surface area contributed by atoms with Crippen molar-refractivity contribution in [3.8, 4) is 0 Å². The van der Waals surface area contributed by atoms with Crippen molar-refractivity contribution in [3.63, 3.8) is 0 Å². The molecule has 94 valence electrons. The lowest BCUT2D eigenvalue weighted by Crippen LogP contribution is -2.36. The highest BCUT2D eigenvalue weighted by molar-refractivity contribution is 5.03. The van der Waals surface area contributed by atoms with Crippen LogP contribution in [0.4, 0.5) is 0 Å². The lowest BCUT2D eigenvalue weighted by atomic mass is 10.1. The second-order valence-corrected chi connectivity index (χ2v) is 4.95. The minimum atomic E-state index is 0.640. The molecule has 17 heavy (non-hydrogen) atoms. The summed E-state index contributed by atoms with van der Waals surface area (Å²) in [6, 6.07) is 2.02. The topological polar surface area (TPSA) is 38.2 Å². The van der Waals surface area contributed by atoms with E-state index in [1.54, 1.807) is 0 Å². The van der Waals surface area contributed by atoms with Crippen molar-refractivity contribution < 1.29 is 4.74 Å². The van der Waals surface area contributed by atoms with Crippen LogP contribution in [0, 0.1) is 5.92 Å². The van der Waals surface area contributed by atoms with Crippen LogP contribution >= 0.6 is 0 Å². The Labute approximate surface area is 103 Å². The summed E-state index contributed by atoms with van der Waals surface area (Å²) in [5, 5.41) is 0. The average Bonchev–Trinajstić information content (AvgIpc) is 2.30. The number of nitrogens with zero attached hydrogens (tertiary/aromatic N) is 3. The fraction of sp³-hybridized carbons (Fsp3) is 0.692. The molecule has 0 unspecified atom stereocenters. The first-order valence-corrected chi connectivity index (χ1v) is 6.35. The molecule has 1 aromatic rings. The second-order valence-electron chi connectivity index (χ2n) is 4.95. The molecule has 1 fully saturated rings. The van der Waals surface area contributed by atoms with Gasteiger partial charge in [0.2, 0.25) is 0 Å². The summed E-state index contributed by atoms with van der Waals surface area (Å²) in [5.74, 6) is 1.58. The van der Waals surface area contributed by atoms with Crippen LogP contribution in [0.5, 0.6) is 0 Å². The molecule has 0 N–H and O–H groups in total. The predicted octanol–water partition coefficient (Wildman–Crippen LogP) is 1.51. The third kappa shape index (κ3) is 4.06. The van der Waals surface area contributed by atoms with Crippen LogP contribution in [-0.2, 0) is 17.7 Å². The van der Waals surface area contributed by atoms with E-state index in [0.717, 1.165) is 50.8 Å². The normalized spacial score (nSPS) is 17.6. The van der Waals surface area contributed by atoms with Gasteiger partial charge in [0.25, 0.3) is 0 Å². The van der Waals surface area contributed by atoms with E-state index < -0.39 is 0 Å². The van der Waals surface area contributed by atoms with E-state index in [1.807, 2.05) is 12.3 Å². The monoisotopic (exact) mass is 235 g/mol. The van der Waals surface area contributed by atoms with Crippen LogP contribution in [0.25, 0.3) is 0 Å². The number of aromatic nitrogens is 2. The summed E-state index contributed by atoms with van der Waals surface area (Å²) in [6.45, 7) is 8.88. The lowest BCUT2D eigenvalue weighted by molar-refractivity contribution is 0.0330. The largest absolute Gasteiger partial charge is 0.379 e. The first-order chi connectivity index (χ1) is 8.24. The zero-order valence-corrected chi connectivity index (χ0v) is 10.7. The first kappa shape index (κ1) is 12.5. The molecule has 0 atom stereocenters. The van der Waals surface area contributed by atoms with Crippen molar-refractivity contribution in [2.24, 2.45) is 5.92 Å². The number of ether oxygens (including phenoxy) is 1. The molecular weight excluding hydrogens is 214 g/mol. The molecule has 2 heterocycles.